The zero-order chi connectivity index (χ0) is 22.2. The SMILES string of the molecule is CN1C2=C(C(=O)CCC2)C(c2ccc(OCc3ccc(Br)cc3)cc2)C2=C1CCCC2=O. The van der Waals surface area contributed by atoms with Crippen molar-refractivity contribution in [1.29, 1.82) is 0 Å². The summed E-state index contributed by atoms with van der Waals surface area (Å²) < 4.78 is 7.01. The minimum Gasteiger partial charge on any atom is -0.489 e. The highest BCUT2D eigenvalue weighted by Gasteiger charge is 2.42. The van der Waals surface area contributed by atoms with Crippen molar-refractivity contribution < 1.29 is 14.3 Å². The number of ether oxygens (including phenoxy) is 1. The van der Waals surface area contributed by atoms with Crippen LogP contribution in [0.5, 0.6) is 5.75 Å². The summed E-state index contributed by atoms with van der Waals surface area (Å²) in [5.74, 6) is 0.891. The van der Waals surface area contributed by atoms with Crippen molar-refractivity contribution >= 4 is 27.5 Å². The number of hydrogen-bond acceptors (Lipinski definition) is 4. The highest BCUT2D eigenvalue weighted by atomic mass is 79.9. The minimum absolute atomic E-state index is 0.184. The van der Waals surface area contributed by atoms with Gasteiger partial charge in [-0.3, -0.25) is 9.59 Å². The predicted molar refractivity (Wildman–Crippen MR) is 127 cm³/mol. The van der Waals surface area contributed by atoms with Gasteiger partial charge in [-0.2, -0.15) is 0 Å². The van der Waals surface area contributed by atoms with E-state index in [1.54, 1.807) is 0 Å². The number of ketones is 2. The summed E-state index contributed by atoms with van der Waals surface area (Å²) in [6.07, 6.45) is 4.69. The number of halogens is 1. The molecule has 0 radical (unpaired) electrons. The molecule has 0 unspecified atom stereocenters. The van der Waals surface area contributed by atoms with Crippen LogP contribution in [0.2, 0.25) is 0 Å². The van der Waals surface area contributed by atoms with Crippen LogP contribution < -0.4 is 4.74 Å². The third-order valence-corrected chi connectivity index (χ3v) is 7.31. The normalized spacial score (nSPS) is 19.2. The number of carbonyl (C=O) groups excluding carboxylic acids is 2. The molecule has 0 bridgehead atoms. The molecular formula is C27H26BrNO3. The lowest BCUT2D eigenvalue weighted by atomic mass is 9.71. The summed E-state index contributed by atoms with van der Waals surface area (Å²) in [5, 5.41) is 0. The van der Waals surface area contributed by atoms with Gasteiger partial charge >= 0.3 is 0 Å². The molecule has 2 aliphatic carbocycles. The second kappa shape index (κ2) is 8.70. The van der Waals surface area contributed by atoms with Crippen LogP contribution >= 0.6 is 15.9 Å². The van der Waals surface area contributed by atoms with Crippen LogP contribution in [-0.4, -0.2) is 23.5 Å². The number of carbonyl (C=O) groups is 2. The zero-order valence-corrected chi connectivity index (χ0v) is 19.8. The molecule has 1 heterocycles. The highest BCUT2D eigenvalue weighted by Crippen LogP contribution is 2.48. The Hall–Kier alpha value is -2.66. The van der Waals surface area contributed by atoms with Gasteiger partial charge in [0, 0.05) is 52.8 Å². The summed E-state index contributed by atoms with van der Waals surface area (Å²) in [5.41, 5.74) is 5.97. The van der Waals surface area contributed by atoms with Crippen LogP contribution in [0.15, 0.2) is 75.5 Å². The van der Waals surface area contributed by atoms with E-state index in [2.05, 4.69) is 20.8 Å². The van der Waals surface area contributed by atoms with Crippen molar-refractivity contribution in [3.8, 4) is 5.75 Å². The topological polar surface area (TPSA) is 46.6 Å². The van der Waals surface area contributed by atoms with E-state index in [0.717, 1.165) is 69.6 Å². The Morgan fingerprint density at radius 2 is 1.41 bits per heavy atom. The van der Waals surface area contributed by atoms with Crippen LogP contribution in [0, 0.1) is 0 Å². The first-order valence-electron chi connectivity index (χ1n) is 11.3. The molecule has 0 saturated carbocycles. The molecule has 2 aromatic rings. The first-order valence-corrected chi connectivity index (χ1v) is 12.1. The zero-order valence-electron chi connectivity index (χ0n) is 18.2. The predicted octanol–water partition coefficient (Wildman–Crippen LogP) is 6.07. The van der Waals surface area contributed by atoms with E-state index in [4.69, 9.17) is 4.74 Å². The van der Waals surface area contributed by atoms with Gasteiger partial charge in [0.1, 0.15) is 12.4 Å². The average molecular weight is 492 g/mol. The maximum Gasteiger partial charge on any atom is 0.161 e. The summed E-state index contributed by atoms with van der Waals surface area (Å²) in [6.45, 7) is 0.489. The fraction of sp³-hybridized carbons (Fsp3) is 0.333. The molecule has 4 nitrogen and oxygen atoms in total. The minimum atomic E-state index is -0.252. The molecule has 5 rings (SSSR count). The third-order valence-electron chi connectivity index (χ3n) is 6.78. The van der Waals surface area contributed by atoms with Crippen molar-refractivity contribution in [2.45, 2.75) is 51.0 Å². The fourth-order valence-electron chi connectivity index (χ4n) is 5.19. The third kappa shape index (κ3) is 3.83. The summed E-state index contributed by atoms with van der Waals surface area (Å²) in [6, 6.07) is 16.0. The van der Waals surface area contributed by atoms with Gasteiger partial charge in [0.2, 0.25) is 0 Å². The van der Waals surface area contributed by atoms with Gasteiger partial charge in [0.25, 0.3) is 0 Å². The standard InChI is InChI=1S/C27H26BrNO3/c1-29-21-4-2-6-23(30)26(21)25(27-22(29)5-3-7-24(27)31)18-10-14-20(15-11-18)32-16-17-8-12-19(28)13-9-17/h8-15,25H,2-7,16H2,1H3. The van der Waals surface area contributed by atoms with Gasteiger partial charge in [-0.05, 0) is 61.1 Å². The van der Waals surface area contributed by atoms with E-state index in [9.17, 15) is 9.59 Å². The Morgan fingerprint density at radius 3 is 1.97 bits per heavy atom. The van der Waals surface area contributed by atoms with E-state index < -0.39 is 0 Å². The van der Waals surface area contributed by atoms with E-state index >= 15 is 0 Å². The molecule has 2 aromatic carbocycles. The monoisotopic (exact) mass is 491 g/mol. The summed E-state index contributed by atoms with van der Waals surface area (Å²) in [7, 11) is 2.02. The van der Waals surface area contributed by atoms with Gasteiger partial charge in [-0.15, -0.1) is 0 Å². The molecule has 0 fully saturated rings. The quantitative estimate of drug-likeness (QED) is 0.520. The van der Waals surface area contributed by atoms with Crippen molar-refractivity contribution in [3.05, 3.63) is 86.7 Å². The van der Waals surface area contributed by atoms with Crippen molar-refractivity contribution in [3.63, 3.8) is 0 Å². The maximum absolute atomic E-state index is 13.0. The van der Waals surface area contributed by atoms with Crippen LogP contribution in [0.25, 0.3) is 0 Å². The number of rotatable bonds is 4. The second-order valence-corrected chi connectivity index (χ2v) is 9.67. The van der Waals surface area contributed by atoms with Crippen molar-refractivity contribution in [2.75, 3.05) is 7.05 Å². The Labute approximate surface area is 197 Å². The molecule has 32 heavy (non-hydrogen) atoms. The molecule has 0 N–H and O–H groups in total. The molecule has 0 amide bonds. The Balaban J connectivity index is 1.46. The second-order valence-electron chi connectivity index (χ2n) is 8.75. The number of allylic oxidation sites excluding steroid dienone is 4. The molecule has 1 aliphatic heterocycles. The van der Waals surface area contributed by atoms with Crippen LogP contribution in [-0.2, 0) is 16.2 Å². The molecule has 0 aromatic heterocycles. The van der Waals surface area contributed by atoms with Crippen molar-refractivity contribution in [2.24, 2.45) is 0 Å². The van der Waals surface area contributed by atoms with Gasteiger partial charge < -0.3 is 9.64 Å². The van der Waals surface area contributed by atoms with Crippen LogP contribution in [0.1, 0.15) is 55.6 Å². The molecular weight excluding hydrogens is 466 g/mol. The Morgan fingerprint density at radius 1 is 0.844 bits per heavy atom. The molecule has 5 heteroatoms. The highest BCUT2D eigenvalue weighted by molar-refractivity contribution is 9.10. The number of Topliss-reactive ketones (excluding diaryl/α,β-unsaturated/α-hetero) is 2. The molecule has 0 spiro atoms. The number of hydrogen-bond donors (Lipinski definition) is 0. The van der Waals surface area contributed by atoms with Gasteiger partial charge in [0.15, 0.2) is 11.6 Å². The van der Waals surface area contributed by atoms with Crippen LogP contribution in [0.3, 0.4) is 0 Å². The van der Waals surface area contributed by atoms with Crippen molar-refractivity contribution in [1.82, 2.24) is 4.90 Å². The van der Waals surface area contributed by atoms with E-state index in [1.807, 2.05) is 55.6 Å². The average Bonchev–Trinajstić information content (AvgIpc) is 2.81. The first kappa shape index (κ1) is 21.2. The van der Waals surface area contributed by atoms with E-state index in [1.165, 1.54) is 0 Å². The first-order chi connectivity index (χ1) is 15.5. The Kier molecular flexibility index (Phi) is 5.76. The molecule has 0 saturated heterocycles. The largest absolute Gasteiger partial charge is 0.489 e. The lowest BCUT2D eigenvalue weighted by molar-refractivity contribution is -0.117. The van der Waals surface area contributed by atoms with Gasteiger partial charge in [-0.1, -0.05) is 40.2 Å². The van der Waals surface area contributed by atoms with Crippen LogP contribution in [0.4, 0.5) is 0 Å². The summed E-state index contributed by atoms with van der Waals surface area (Å²) >= 11 is 3.45. The smallest absolute Gasteiger partial charge is 0.161 e. The lowest BCUT2D eigenvalue weighted by Crippen LogP contribution is -2.37. The van der Waals surface area contributed by atoms with E-state index in [-0.39, 0.29) is 17.5 Å². The van der Waals surface area contributed by atoms with Gasteiger partial charge in [0.05, 0.1) is 0 Å². The molecule has 164 valence electrons. The number of benzene rings is 2. The van der Waals surface area contributed by atoms with E-state index in [0.29, 0.717) is 19.4 Å². The molecule has 0 atom stereocenters. The fourth-order valence-corrected chi connectivity index (χ4v) is 5.45. The summed E-state index contributed by atoms with van der Waals surface area (Å²) in [4.78, 5) is 28.2. The Bertz CT molecular complexity index is 1080. The van der Waals surface area contributed by atoms with Gasteiger partial charge in [-0.25, -0.2) is 0 Å². The number of nitrogens with zero attached hydrogens (tertiary/aromatic N) is 1. The lowest BCUT2D eigenvalue weighted by Gasteiger charge is -2.42. The molecule has 3 aliphatic rings. The maximum atomic E-state index is 13.0.